The molecule has 1 aromatic carbocycles. The van der Waals surface area contributed by atoms with Crippen molar-refractivity contribution >= 4 is 28.7 Å². The molecular weight excluding hydrogens is 312 g/mol. The van der Waals surface area contributed by atoms with Crippen molar-refractivity contribution in [2.75, 3.05) is 12.4 Å². The number of benzene rings is 1. The lowest BCUT2D eigenvalue weighted by Crippen LogP contribution is -2.16. The minimum atomic E-state index is -0.319. The van der Waals surface area contributed by atoms with Crippen molar-refractivity contribution in [1.82, 2.24) is 4.98 Å². The van der Waals surface area contributed by atoms with E-state index in [1.54, 1.807) is 19.2 Å². The van der Waals surface area contributed by atoms with E-state index in [9.17, 15) is 9.59 Å². The molecule has 6 heteroatoms. The molecule has 1 N–H and O–H groups in total. The number of methoxy groups -OCH3 is 1. The van der Waals surface area contributed by atoms with Gasteiger partial charge in [-0.25, -0.2) is 4.98 Å². The second kappa shape index (κ2) is 6.91. The molecule has 0 aliphatic heterocycles. The average Bonchev–Trinajstić information content (AvgIpc) is 2.99. The van der Waals surface area contributed by atoms with Crippen molar-refractivity contribution in [1.29, 1.82) is 0 Å². The Labute approximate surface area is 139 Å². The lowest BCUT2D eigenvalue weighted by Gasteiger charge is -2.14. The summed E-state index contributed by atoms with van der Waals surface area (Å²) >= 11 is 1.30. The molecule has 0 aliphatic rings. The van der Waals surface area contributed by atoms with Gasteiger partial charge in [0, 0.05) is 16.5 Å². The fraction of sp³-hybridized carbons (Fsp3) is 0.353. The molecule has 0 aliphatic carbocycles. The number of amides is 1. The van der Waals surface area contributed by atoms with Gasteiger partial charge in [-0.3, -0.25) is 9.59 Å². The first-order valence-electron chi connectivity index (χ1n) is 7.30. The molecule has 0 bridgehead atoms. The molecule has 2 rings (SSSR count). The first-order valence-corrected chi connectivity index (χ1v) is 8.18. The van der Waals surface area contributed by atoms with Crippen LogP contribution in [0.15, 0.2) is 17.5 Å². The maximum absolute atomic E-state index is 12.5. The Balaban J connectivity index is 2.37. The number of ketones is 1. The number of nitrogens with one attached hydrogen (secondary N) is 1. The molecule has 1 aromatic heterocycles. The topological polar surface area (TPSA) is 68.3 Å². The third-order valence-corrected chi connectivity index (χ3v) is 4.42. The molecule has 0 saturated carbocycles. The quantitative estimate of drug-likeness (QED) is 0.839. The van der Waals surface area contributed by atoms with Gasteiger partial charge in [-0.1, -0.05) is 13.8 Å². The highest BCUT2D eigenvalue weighted by Crippen LogP contribution is 2.30. The summed E-state index contributed by atoms with van der Waals surface area (Å²) in [7, 11) is 1.55. The smallest absolute Gasteiger partial charge is 0.284 e. The molecule has 0 atom stereocenters. The number of hydrogen-bond acceptors (Lipinski definition) is 5. The van der Waals surface area contributed by atoms with Gasteiger partial charge in [-0.15, -0.1) is 11.3 Å². The molecule has 23 heavy (non-hydrogen) atoms. The number of Topliss-reactive ketones (excluding diaryl/α,β-unsaturated/α-hetero) is 1. The summed E-state index contributed by atoms with van der Waals surface area (Å²) in [5.74, 6) is 0.445. The standard InChI is InChI=1S/C17H20N2O3S/c1-9(2)13-8-23-17(18-13)16(21)19-15-10(3)14(22-5)7-6-12(15)11(4)20/h6-9H,1-5H3,(H,19,21). The second-order valence-electron chi connectivity index (χ2n) is 5.56. The SMILES string of the molecule is COc1ccc(C(C)=O)c(NC(=O)c2nc(C(C)C)cs2)c1C. The molecule has 1 amide bonds. The summed E-state index contributed by atoms with van der Waals surface area (Å²) in [4.78, 5) is 28.6. The van der Waals surface area contributed by atoms with E-state index in [-0.39, 0.29) is 17.6 Å². The Hall–Kier alpha value is -2.21. The van der Waals surface area contributed by atoms with Crippen LogP contribution in [-0.4, -0.2) is 23.8 Å². The summed E-state index contributed by atoms with van der Waals surface area (Å²) in [5.41, 5.74) is 2.53. The van der Waals surface area contributed by atoms with Crippen LogP contribution in [0.5, 0.6) is 5.75 Å². The fourth-order valence-electron chi connectivity index (χ4n) is 2.19. The number of thiazole rings is 1. The van der Waals surface area contributed by atoms with Crippen LogP contribution < -0.4 is 10.1 Å². The van der Waals surface area contributed by atoms with Gasteiger partial charge in [0.2, 0.25) is 0 Å². The molecule has 0 saturated heterocycles. The molecule has 0 unspecified atom stereocenters. The first-order chi connectivity index (χ1) is 10.8. The normalized spacial score (nSPS) is 10.7. The Kier molecular flexibility index (Phi) is 5.15. The van der Waals surface area contributed by atoms with E-state index in [0.717, 1.165) is 5.69 Å². The summed E-state index contributed by atoms with van der Waals surface area (Å²) in [6, 6.07) is 3.38. The summed E-state index contributed by atoms with van der Waals surface area (Å²) in [6.07, 6.45) is 0. The minimum Gasteiger partial charge on any atom is -0.496 e. The van der Waals surface area contributed by atoms with Crippen LogP contribution >= 0.6 is 11.3 Å². The van der Waals surface area contributed by atoms with Gasteiger partial charge in [-0.05, 0) is 31.9 Å². The van der Waals surface area contributed by atoms with Gasteiger partial charge in [-0.2, -0.15) is 0 Å². The summed E-state index contributed by atoms with van der Waals surface area (Å²) in [6.45, 7) is 7.33. The van der Waals surface area contributed by atoms with Crippen LogP contribution in [0, 0.1) is 6.92 Å². The highest BCUT2D eigenvalue weighted by molar-refractivity contribution is 7.11. The summed E-state index contributed by atoms with van der Waals surface area (Å²) < 4.78 is 5.27. The predicted molar refractivity (Wildman–Crippen MR) is 91.9 cm³/mol. The highest BCUT2D eigenvalue weighted by Gasteiger charge is 2.19. The van der Waals surface area contributed by atoms with Gasteiger partial charge in [0.15, 0.2) is 10.8 Å². The number of rotatable bonds is 5. The highest BCUT2D eigenvalue weighted by atomic mass is 32.1. The van der Waals surface area contributed by atoms with Crippen molar-refractivity contribution in [3.8, 4) is 5.75 Å². The van der Waals surface area contributed by atoms with Gasteiger partial charge >= 0.3 is 0 Å². The Bertz CT molecular complexity index is 750. The zero-order valence-corrected chi connectivity index (χ0v) is 14.7. The van der Waals surface area contributed by atoms with Crippen LogP contribution in [0.3, 0.4) is 0 Å². The van der Waals surface area contributed by atoms with Crippen LogP contribution in [0.1, 0.15) is 58.1 Å². The molecule has 0 radical (unpaired) electrons. The van der Waals surface area contributed by atoms with Gasteiger partial charge in [0.1, 0.15) is 5.75 Å². The molecular formula is C17H20N2O3S. The number of carbonyl (C=O) groups excluding carboxylic acids is 2. The van der Waals surface area contributed by atoms with Crippen molar-refractivity contribution < 1.29 is 14.3 Å². The number of hydrogen-bond donors (Lipinski definition) is 1. The van der Waals surface area contributed by atoms with Gasteiger partial charge in [0.05, 0.1) is 18.5 Å². The van der Waals surface area contributed by atoms with Crippen LogP contribution in [0.2, 0.25) is 0 Å². The second-order valence-corrected chi connectivity index (χ2v) is 6.42. The van der Waals surface area contributed by atoms with Crippen LogP contribution in [0.25, 0.3) is 0 Å². The van der Waals surface area contributed by atoms with E-state index in [4.69, 9.17) is 4.74 Å². The van der Waals surface area contributed by atoms with Gasteiger partial charge in [0.25, 0.3) is 5.91 Å². The maximum atomic E-state index is 12.5. The first kappa shape index (κ1) is 17.1. The van der Waals surface area contributed by atoms with E-state index in [0.29, 0.717) is 27.6 Å². The lowest BCUT2D eigenvalue weighted by atomic mass is 10.0. The largest absolute Gasteiger partial charge is 0.496 e. The third-order valence-electron chi connectivity index (χ3n) is 3.56. The van der Waals surface area contributed by atoms with E-state index in [1.807, 2.05) is 26.2 Å². The number of anilines is 1. The summed E-state index contributed by atoms with van der Waals surface area (Å²) in [5, 5.41) is 5.07. The molecule has 2 aromatic rings. The molecule has 1 heterocycles. The fourth-order valence-corrected chi connectivity index (χ4v) is 3.06. The van der Waals surface area contributed by atoms with Crippen molar-refractivity contribution in [2.24, 2.45) is 0 Å². The minimum absolute atomic E-state index is 0.118. The number of aromatic nitrogens is 1. The Morgan fingerprint density at radius 3 is 2.52 bits per heavy atom. The zero-order chi connectivity index (χ0) is 17.1. The predicted octanol–water partition coefficient (Wildman–Crippen LogP) is 4.04. The third kappa shape index (κ3) is 3.59. The number of nitrogens with zero attached hydrogens (tertiary/aromatic N) is 1. The van der Waals surface area contributed by atoms with E-state index < -0.39 is 0 Å². The molecule has 0 fully saturated rings. The van der Waals surface area contributed by atoms with E-state index in [2.05, 4.69) is 10.3 Å². The lowest BCUT2D eigenvalue weighted by molar-refractivity contribution is 0.101. The van der Waals surface area contributed by atoms with Crippen molar-refractivity contribution in [2.45, 2.75) is 33.6 Å². The average molecular weight is 332 g/mol. The van der Waals surface area contributed by atoms with Crippen molar-refractivity contribution in [3.05, 3.63) is 39.3 Å². The number of carbonyl (C=O) groups is 2. The van der Waals surface area contributed by atoms with E-state index >= 15 is 0 Å². The van der Waals surface area contributed by atoms with E-state index in [1.165, 1.54) is 18.3 Å². The van der Waals surface area contributed by atoms with Crippen LogP contribution in [-0.2, 0) is 0 Å². The monoisotopic (exact) mass is 332 g/mol. The zero-order valence-electron chi connectivity index (χ0n) is 13.9. The Morgan fingerprint density at radius 2 is 2.00 bits per heavy atom. The molecule has 122 valence electrons. The Morgan fingerprint density at radius 1 is 1.30 bits per heavy atom. The number of ether oxygens (including phenoxy) is 1. The molecule has 5 nitrogen and oxygen atoms in total. The van der Waals surface area contributed by atoms with Crippen molar-refractivity contribution in [3.63, 3.8) is 0 Å². The van der Waals surface area contributed by atoms with Crippen LogP contribution in [0.4, 0.5) is 5.69 Å². The maximum Gasteiger partial charge on any atom is 0.284 e. The van der Waals surface area contributed by atoms with Gasteiger partial charge < -0.3 is 10.1 Å². The molecule has 0 spiro atoms.